The van der Waals surface area contributed by atoms with Crippen LogP contribution >= 0.6 is 11.3 Å². The first kappa shape index (κ1) is 16.4. The van der Waals surface area contributed by atoms with Crippen molar-refractivity contribution in [3.8, 4) is 11.3 Å². The van der Waals surface area contributed by atoms with E-state index in [4.69, 9.17) is 4.52 Å². The van der Waals surface area contributed by atoms with Crippen molar-refractivity contribution in [2.75, 3.05) is 6.54 Å². The van der Waals surface area contributed by atoms with Crippen LogP contribution in [0, 0.1) is 6.92 Å². The minimum Gasteiger partial charge on any atom is -0.361 e. The Morgan fingerprint density at radius 2 is 2.08 bits per heavy atom. The van der Waals surface area contributed by atoms with Crippen molar-refractivity contribution in [1.29, 1.82) is 0 Å². The van der Waals surface area contributed by atoms with E-state index in [9.17, 15) is 4.79 Å². The van der Waals surface area contributed by atoms with E-state index < -0.39 is 0 Å². The molecular formula is C18H19N3O2S. The average molecular weight is 341 g/mol. The number of hydrogen-bond acceptors (Lipinski definition) is 5. The molecule has 124 valence electrons. The van der Waals surface area contributed by atoms with Crippen LogP contribution in [0.2, 0.25) is 0 Å². The fourth-order valence-corrected chi connectivity index (χ4v) is 3.15. The lowest BCUT2D eigenvalue weighted by atomic mass is 10.2. The van der Waals surface area contributed by atoms with E-state index in [2.05, 4.69) is 15.5 Å². The molecule has 1 N–H and O–H groups in total. The number of thiazole rings is 1. The molecule has 0 atom stereocenters. The van der Waals surface area contributed by atoms with Gasteiger partial charge in [0.1, 0.15) is 5.76 Å². The van der Waals surface area contributed by atoms with Gasteiger partial charge >= 0.3 is 0 Å². The summed E-state index contributed by atoms with van der Waals surface area (Å²) in [5, 5.41) is 9.83. The number of carbonyl (C=O) groups excluding carboxylic acids is 1. The van der Waals surface area contributed by atoms with Gasteiger partial charge in [-0.15, -0.1) is 11.3 Å². The van der Waals surface area contributed by atoms with E-state index in [-0.39, 0.29) is 5.91 Å². The van der Waals surface area contributed by atoms with Gasteiger partial charge in [0.15, 0.2) is 0 Å². The summed E-state index contributed by atoms with van der Waals surface area (Å²) in [5.74, 6) is 0.820. The van der Waals surface area contributed by atoms with Gasteiger partial charge < -0.3 is 9.84 Å². The third-order valence-electron chi connectivity index (χ3n) is 3.57. The molecule has 3 aromatic rings. The molecule has 0 unspecified atom stereocenters. The Bertz CT molecular complexity index is 795. The summed E-state index contributed by atoms with van der Waals surface area (Å²) in [4.78, 5) is 16.5. The zero-order chi connectivity index (χ0) is 16.8. The van der Waals surface area contributed by atoms with Crippen molar-refractivity contribution in [2.24, 2.45) is 0 Å². The Morgan fingerprint density at radius 3 is 2.83 bits per heavy atom. The molecule has 0 aliphatic heterocycles. The van der Waals surface area contributed by atoms with Crippen molar-refractivity contribution >= 4 is 17.2 Å². The van der Waals surface area contributed by atoms with Gasteiger partial charge in [0, 0.05) is 42.8 Å². The fraction of sp³-hybridized carbons (Fsp3) is 0.278. The number of nitrogens with one attached hydrogen (secondary N) is 1. The van der Waals surface area contributed by atoms with Crippen molar-refractivity contribution in [2.45, 2.75) is 26.2 Å². The molecule has 1 aromatic carbocycles. The summed E-state index contributed by atoms with van der Waals surface area (Å²) in [6.07, 6.45) is 1.78. The summed E-state index contributed by atoms with van der Waals surface area (Å²) >= 11 is 1.60. The fourth-order valence-electron chi connectivity index (χ4n) is 2.34. The predicted molar refractivity (Wildman–Crippen MR) is 93.8 cm³/mol. The molecule has 2 heterocycles. The van der Waals surface area contributed by atoms with Crippen LogP contribution in [-0.2, 0) is 17.6 Å². The van der Waals surface area contributed by atoms with E-state index in [0.717, 1.165) is 27.7 Å². The monoisotopic (exact) mass is 341 g/mol. The van der Waals surface area contributed by atoms with Gasteiger partial charge in [0.2, 0.25) is 5.91 Å². The highest BCUT2D eigenvalue weighted by molar-refractivity contribution is 7.09. The van der Waals surface area contributed by atoms with Gasteiger partial charge in [-0.3, -0.25) is 4.79 Å². The van der Waals surface area contributed by atoms with Crippen LogP contribution in [-0.4, -0.2) is 22.6 Å². The van der Waals surface area contributed by atoms with Crippen molar-refractivity contribution in [3.05, 3.63) is 58.2 Å². The number of benzene rings is 1. The van der Waals surface area contributed by atoms with E-state index in [1.807, 2.05) is 48.7 Å². The van der Waals surface area contributed by atoms with Gasteiger partial charge in [0.05, 0.1) is 16.4 Å². The molecule has 2 aromatic heterocycles. The van der Waals surface area contributed by atoms with Gasteiger partial charge in [-0.05, 0) is 6.92 Å². The number of carbonyl (C=O) groups is 1. The second kappa shape index (κ2) is 7.88. The topological polar surface area (TPSA) is 68.0 Å². The standard InChI is InChI=1S/C18H19N3O2S/c1-13-11-15(21-23-13)9-10-19-17(22)7-8-18-20-16(12-24-18)14-5-3-2-4-6-14/h2-6,11-12H,7-10H2,1H3,(H,19,22). The predicted octanol–water partition coefficient (Wildman–Crippen LogP) is 3.40. The molecule has 0 aliphatic rings. The summed E-state index contributed by atoms with van der Waals surface area (Å²) in [5.41, 5.74) is 2.94. The number of amides is 1. The number of aryl methyl sites for hydroxylation is 2. The lowest BCUT2D eigenvalue weighted by Gasteiger charge is -2.02. The second-order valence-electron chi connectivity index (χ2n) is 5.52. The third kappa shape index (κ3) is 4.52. The highest BCUT2D eigenvalue weighted by atomic mass is 32.1. The second-order valence-corrected chi connectivity index (χ2v) is 6.46. The number of nitrogens with zero attached hydrogens (tertiary/aromatic N) is 2. The zero-order valence-corrected chi connectivity index (χ0v) is 14.3. The van der Waals surface area contributed by atoms with Crippen LogP contribution in [0.5, 0.6) is 0 Å². The van der Waals surface area contributed by atoms with Crippen molar-refractivity contribution in [3.63, 3.8) is 0 Å². The van der Waals surface area contributed by atoms with E-state index in [1.54, 1.807) is 11.3 Å². The first-order chi connectivity index (χ1) is 11.7. The Labute approximate surface area is 144 Å². The maximum atomic E-state index is 11.9. The summed E-state index contributed by atoms with van der Waals surface area (Å²) in [6, 6.07) is 11.9. The minimum atomic E-state index is 0.0340. The van der Waals surface area contributed by atoms with Crippen LogP contribution in [0.15, 0.2) is 46.3 Å². The Kier molecular flexibility index (Phi) is 5.38. The lowest BCUT2D eigenvalue weighted by Crippen LogP contribution is -2.25. The molecule has 5 nitrogen and oxygen atoms in total. The van der Waals surface area contributed by atoms with Gasteiger partial charge in [-0.1, -0.05) is 35.5 Å². The third-order valence-corrected chi connectivity index (χ3v) is 4.48. The first-order valence-corrected chi connectivity index (χ1v) is 8.77. The van der Waals surface area contributed by atoms with Crippen LogP contribution < -0.4 is 5.32 Å². The van der Waals surface area contributed by atoms with Crippen molar-refractivity contribution in [1.82, 2.24) is 15.5 Å². The largest absolute Gasteiger partial charge is 0.361 e. The number of rotatable bonds is 7. The molecule has 0 bridgehead atoms. The average Bonchev–Trinajstić information content (AvgIpc) is 3.23. The summed E-state index contributed by atoms with van der Waals surface area (Å²) in [7, 11) is 0. The van der Waals surface area contributed by atoms with E-state index in [1.165, 1.54) is 0 Å². The molecule has 6 heteroatoms. The maximum Gasteiger partial charge on any atom is 0.220 e. The Morgan fingerprint density at radius 1 is 1.25 bits per heavy atom. The maximum absolute atomic E-state index is 11.9. The molecule has 0 fully saturated rings. The van der Waals surface area contributed by atoms with Gasteiger partial charge in [0.25, 0.3) is 0 Å². The highest BCUT2D eigenvalue weighted by Gasteiger charge is 2.08. The molecule has 3 rings (SSSR count). The Hall–Kier alpha value is -2.47. The first-order valence-electron chi connectivity index (χ1n) is 7.89. The van der Waals surface area contributed by atoms with Gasteiger partial charge in [-0.2, -0.15) is 0 Å². The molecule has 0 aliphatic carbocycles. The molecule has 0 spiro atoms. The molecular weight excluding hydrogens is 322 g/mol. The molecule has 0 saturated carbocycles. The van der Waals surface area contributed by atoms with Crippen LogP contribution in [0.4, 0.5) is 0 Å². The van der Waals surface area contributed by atoms with Crippen LogP contribution in [0.25, 0.3) is 11.3 Å². The molecule has 1 amide bonds. The summed E-state index contributed by atoms with van der Waals surface area (Å²) in [6.45, 7) is 2.42. The van der Waals surface area contributed by atoms with Crippen molar-refractivity contribution < 1.29 is 9.32 Å². The molecule has 0 saturated heterocycles. The molecule has 24 heavy (non-hydrogen) atoms. The highest BCUT2D eigenvalue weighted by Crippen LogP contribution is 2.22. The molecule has 0 radical (unpaired) electrons. The smallest absolute Gasteiger partial charge is 0.220 e. The zero-order valence-electron chi connectivity index (χ0n) is 13.5. The normalized spacial score (nSPS) is 10.7. The SMILES string of the molecule is Cc1cc(CCNC(=O)CCc2nc(-c3ccccc3)cs2)no1. The summed E-state index contributed by atoms with van der Waals surface area (Å²) < 4.78 is 5.00. The Balaban J connectivity index is 1.42. The number of aromatic nitrogens is 2. The van der Waals surface area contributed by atoms with E-state index >= 15 is 0 Å². The van der Waals surface area contributed by atoms with Crippen LogP contribution in [0.3, 0.4) is 0 Å². The van der Waals surface area contributed by atoms with Gasteiger partial charge in [-0.25, -0.2) is 4.98 Å². The van der Waals surface area contributed by atoms with Crippen LogP contribution in [0.1, 0.15) is 22.9 Å². The van der Waals surface area contributed by atoms with E-state index in [0.29, 0.717) is 25.8 Å². The lowest BCUT2D eigenvalue weighted by molar-refractivity contribution is -0.121. The number of hydrogen-bond donors (Lipinski definition) is 1. The minimum absolute atomic E-state index is 0.0340. The quantitative estimate of drug-likeness (QED) is 0.715.